The van der Waals surface area contributed by atoms with Gasteiger partial charge in [0.05, 0.1) is 0 Å². The number of halogens is 1. The van der Waals surface area contributed by atoms with E-state index in [0.717, 1.165) is 0 Å². The Bertz CT molecular complexity index is 196. The Kier molecular flexibility index (Phi) is 1.52. The van der Waals surface area contributed by atoms with Gasteiger partial charge in [0.1, 0.15) is 5.82 Å². The van der Waals surface area contributed by atoms with E-state index in [-0.39, 0.29) is 11.1 Å². The van der Waals surface area contributed by atoms with E-state index in [1.807, 2.05) is 0 Å². The maximum absolute atomic E-state index is 12.5. The smallest absolute Gasteiger partial charge is 0.130 e. The van der Waals surface area contributed by atoms with Gasteiger partial charge in [-0.1, -0.05) is 18.2 Å². The van der Waals surface area contributed by atoms with Crippen LogP contribution in [0.25, 0.3) is 0 Å². The highest BCUT2D eigenvalue weighted by atomic mass is 19.1. The molecule has 0 nitrogen and oxygen atoms in total. The topological polar surface area (TPSA) is 0 Å². The second kappa shape index (κ2) is 2.18. The summed E-state index contributed by atoms with van der Waals surface area (Å²) in [5, 5.41) is 0. The first-order valence-electron chi connectivity index (χ1n) is 2.51. The summed E-state index contributed by atoms with van der Waals surface area (Å²) < 4.78 is 12.5. The second-order valence-electron chi connectivity index (χ2n) is 1.75. The van der Waals surface area contributed by atoms with Crippen LogP contribution in [0.1, 0.15) is 11.1 Å². The highest BCUT2D eigenvalue weighted by molar-refractivity contribution is 5.29. The Balaban J connectivity index is 3.25. The molecule has 0 aromatic heterocycles. The van der Waals surface area contributed by atoms with Crippen molar-refractivity contribution in [3.8, 4) is 0 Å². The molecule has 0 saturated carbocycles. The lowest BCUT2D eigenvalue weighted by Gasteiger charge is -1.95. The van der Waals surface area contributed by atoms with Crippen molar-refractivity contribution < 1.29 is 4.39 Å². The van der Waals surface area contributed by atoms with Crippen molar-refractivity contribution >= 4 is 0 Å². The van der Waals surface area contributed by atoms with E-state index in [0.29, 0.717) is 0 Å². The lowest BCUT2D eigenvalue weighted by atomic mass is 10.1. The largest absolute Gasteiger partial charge is 0.206 e. The summed E-state index contributed by atoms with van der Waals surface area (Å²) in [6.07, 6.45) is 0. The van der Waals surface area contributed by atoms with Gasteiger partial charge in [0.15, 0.2) is 0 Å². The first-order chi connectivity index (χ1) is 4.22. The van der Waals surface area contributed by atoms with Gasteiger partial charge in [0.2, 0.25) is 0 Å². The minimum absolute atomic E-state index is 0.0926. The fourth-order valence-corrected chi connectivity index (χ4v) is 0.568. The van der Waals surface area contributed by atoms with Crippen LogP contribution in [0, 0.1) is 19.7 Å². The standard InChI is InChI=1S/C8H5F/c1-6-4-3-5-7(2)8(6)9/h1-5H. The lowest BCUT2D eigenvalue weighted by Crippen LogP contribution is -1.84. The van der Waals surface area contributed by atoms with Gasteiger partial charge in [-0.15, -0.1) is 0 Å². The summed E-state index contributed by atoms with van der Waals surface area (Å²) in [6.45, 7) is 10.3. The summed E-state index contributed by atoms with van der Waals surface area (Å²) in [5.74, 6) is -0.530. The van der Waals surface area contributed by atoms with Crippen molar-refractivity contribution in [3.05, 3.63) is 49.0 Å². The Morgan fingerprint density at radius 3 is 1.89 bits per heavy atom. The quantitative estimate of drug-likeness (QED) is 0.490. The summed E-state index contributed by atoms with van der Waals surface area (Å²) >= 11 is 0. The van der Waals surface area contributed by atoms with Gasteiger partial charge in [-0.05, 0) is 11.1 Å². The van der Waals surface area contributed by atoms with Crippen molar-refractivity contribution in [2.75, 3.05) is 0 Å². The van der Waals surface area contributed by atoms with Crippen LogP contribution in [0.3, 0.4) is 0 Å². The maximum atomic E-state index is 12.5. The third-order valence-corrected chi connectivity index (χ3v) is 1.06. The SMILES string of the molecule is [CH]c1cccc([CH])c1F. The van der Waals surface area contributed by atoms with Crippen LogP contribution >= 0.6 is 0 Å². The van der Waals surface area contributed by atoms with Gasteiger partial charge in [-0.3, -0.25) is 0 Å². The number of rotatable bonds is 0. The molecule has 1 rings (SSSR count). The van der Waals surface area contributed by atoms with Crippen LogP contribution in [0.4, 0.5) is 4.39 Å². The fourth-order valence-electron chi connectivity index (χ4n) is 0.568. The van der Waals surface area contributed by atoms with Crippen molar-refractivity contribution in [1.82, 2.24) is 0 Å². The lowest BCUT2D eigenvalue weighted by molar-refractivity contribution is 0.618. The molecule has 0 heterocycles. The molecule has 1 aromatic rings. The monoisotopic (exact) mass is 120 g/mol. The molecule has 0 aliphatic rings. The van der Waals surface area contributed by atoms with Crippen molar-refractivity contribution in [1.29, 1.82) is 0 Å². The van der Waals surface area contributed by atoms with Gasteiger partial charge in [0, 0.05) is 13.8 Å². The molecule has 4 radical (unpaired) electrons. The molecule has 0 aliphatic heterocycles. The number of benzene rings is 1. The molecule has 44 valence electrons. The van der Waals surface area contributed by atoms with E-state index in [2.05, 4.69) is 0 Å². The molecule has 0 N–H and O–H groups in total. The van der Waals surface area contributed by atoms with Crippen LogP contribution in [-0.2, 0) is 0 Å². The van der Waals surface area contributed by atoms with Gasteiger partial charge in [-0.25, -0.2) is 4.39 Å². The van der Waals surface area contributed by atoms with E-state index < -0.39 is 5.82 Å². The third kappa shape index (κ3) is 1.10. The zero-order valence-corrected chi connectivity index (χ0v) is 4.76. The molecule has 1 aromatic carbocycles. The van der Waals surface area contributed by atoms with Crippen LogP contribution in [0.15, 0.2) is 18.2 Å². The Hall–Kier alpha value is -0.850. The molecule has 0 saturated heterocycles. The van der Waals surface area contributed by atoms with Gasteiger partial charge < -0.3 is 0 Å². The first-order valence-corrected chi connectivity index (χ1v) is 2.51. The summed E-state index contributed by atoms with van der Waals surface area (Å²) in [5.41, 5.74) is 0.185. The molecular formula is C8H5F. The number of hydrogen-bond donors (Lipinski definition) is 0. The third-order valence-electron chi connectivity index (χ3n) is 1.06. The van der Waals surface area contributed by atoms with Gasteiger partial charge >= 0.3 is 0 Å². The molecule has 1 heteroatoms. The van der Waals surface area contributed by atoms with Gasteiger partial charge in [0.25, 0.3) is 0 Å². The van der Waals surface area contributed by atoms with Crippen LogP contribution in [0.5, 0.6) is 0 Å². The summed E-state index contributed by atoms with van der Waals surface area (Å²) in [6, 6.07) is 4.53. The van der Waals surface area contributed by atoms with Gasteiger partial charge in [-0.2, -0.15) is 0 Å². The fraction of sp³-hybridized carbons (Fsp3) is 0. The second-order valence-corrected chi connectivity index (χ2v) is 1.75. The molecule has 0 amide bonds. The summed E-state index contributed by atoms with van der Waals surface area (Å²) in [7, 11) is 0. The molecule has 9 heavy (non-hydrogen) atoms. The normalized spacial score (nSPS) is 9.67. The van der Waals surface area contributed by atoms with Crippen LogP contribution < -0.4 is 0 Å². The predicted molar refractivity (Wildman–Crippen MR) is 33.2 cm³/mol. The Labute approximate surface area is 54.3 Å². The average Bonchev–Trinajstić information content (AvgIpc) is 1.83. The zero-order chi connectivity index (χ0) is 6.85. The van der Waals surface area contributed by atoms with Crippen LogP contribution in [0.2, 0.25) is 0 Å². The van der Waals surface area contributed by atoms with E-state index in [4.69, 9.17) is 13.8 Å². The van der Waals surface area contributed by atoms with E-state index >= 15 is 0 Å². The molecule has 0 spiro atoms. The molecule has 0 aliphatic carbocycles. The molecule has 0 unspecified atom stereocenters. The first kappa shape index (κ1) is 6.27. The molecule has 0 atom stereocenters. The Morgan fingerprint density at radius 1 is 1.11 bits per heavy atom. The highest BCUT2D eigenvalue weighted by Gasteiger charge is 1.97. The zero-order valence-electron chi connectivity index (χ0n) is 4.76. The minimum Gasteiger partial charge on any atom is -0.206 e. The molecule has 0 bridgehead atoms. The average molecular weight is 120 g/mol. The van der Waals surface area contributed by atoms with Crippen molar-refractivity contribution in [2.45, 2.75) is 0 Å². The van der Waals surface area contributed by atoms with E-state index in [9.17, 15) is 4.39 Å². The molecule has 0 fully saturated rings. The maximum Gasteiger partial charge on any atom is 0.130 e. The van der Waals surface area contributed by atoms with Crippen LogP contribution in [-0.4, -0.2) is 0 Å². The van der Waals surface area contributed by atoms with Crippen molar-refractivity contribution in [2.24, 2.45) is 0 Å². The highest BCUT2D eigenvalue weighted by Crippen LogP contribution is 2.09. The van der Waals surface area contributed by atoms with Crippen molar-refractivity contribution in [3.63, 3.8) is 0 Å². The summed E-state index contributed by atoms with van der Waals surface area (Å²) in [4.78, 5) is 0. The number of hydrogen-bond acceptors (Lipinski definition) is 0. The minimum atomic E-state index is -0.530. The predicted octanol–water partition coefficient (Wildman–Crippen LogP) is 1.94. The van der Waals surface area contributed by atoms with E-state index in [1.165, 1.54) is 12.1 Å². The molecular weight excluding hydrogens is 115 g/mol. The Morgan fingerprint density at radius 2 is 1.56 bits per heavy atom. The van der Waals surface area contributed by atoms with E-state index in [1.54, 1.807) is 6.07 Å².